The summed E-state index contributed by atoms with van der Waals surface area (Å²) in [5, 5.41) is 0. The Hall–Kier alpha value is -1.25. The molecule has 0 atom stereocenters. The molecule has 0 saturated carbocycles. The lowest BCUT2D eigenvalue weighted by Gasteiger charge is -2.29. The molecule has 0 aromatic rings. The Bertz CT molecular complexity index is 275. The van der Waals surface area contributed by atoms with E-state index in [1.54, 1.807) is 0 Å². The van der Waals surface area contributed by atoms with Crippen molar-refractivity contribution < 1.29 is 0 Å². The van der Waals surface area contributed by atoms with Crippen molar-refractivity contribution in [3.05, 3.63) is 23.5 Å². The Morgan fingerprint density at radius 3 is 3.08 bits per heavy atom. The van der Waals surface area contributed by atoms with Crippen LogP contribution < -0.4 is 0 Å². The molecule has 0 fully saturated rings. The van der Waals surface area contributed by atoms with Gasteiger partial charge in [-0.3, -0.25) is 0 Å². The van der Waals surface area contributed by atoms with E-state index in [0.717, 1.165) is 18.9 Å². The van der Waals surface area contributed by atoms with Crippen molar-refractivity contribution >= 4 is 6.34 Å². The van der Waals surface area contributed by atoms with E-state index in [2.05, 4.69) is 34.0 Å². The molecule has 0 saturated heterocycles. The topological polar surface area (TPSA) is 18.8 Å². The smallest absolute Gasteiger partial charge is 0.135 e. The molecular weight excluding hydrogens is 150 g/mol. The molecule has 2 aliphatic rings. The Morgan fingerprint density at radius 1 is 1.42 bits per heavy atom. The number of aliphatic imine (C=N–C) groups is 1. The summed E-state index contributed by atoms with van der Waals surface area (Å²) in [6.07, 6.45) is 6.23. The van der Waals surface area contributed by atoms with Crippen LogP contribution in [0.2, 0.25) is 0 Å². The van der Waals surface area contributed by atoms with Gasteiger partial charge in [0.25, 0.3) is 0 Å². The first-order valence-corrected chi connectivity index (χ1v) is 4.12. The Balaban J connectivity index is 2.32. The van der Waals surface area contributed by atoms with Crippen molar-refractivity contribution in [2.45, 2.75) is 0 Å². The number of nitrogens with zero attached hydrogens (tertiary/aromatic N) is 3. The van der Waals surface area contributed by atoms with Gasteiger partial charge < -0.3 is 9.80 Å². The second kappa shape index (κ2) is 2.66. The summed E-state index contributed by atoms with van der Waals surface area (Å²) in [5.74, 6) is 1.12. The minimum Gasteiger partial charge on any atom is -0.361 e. The van der Waals surface area contributed by atoms with Crippen LogP contribution >= 0.6 is 0 Å². The highest BCUT2D eigenvalue weighted by atomic mass is 15.2. The first-order chi connectivity index (χ1) is 5.77. The molecule has 0 N–H and O–H groups in total. The van der Waals surface area contributed by atoms with E-state index < -0.39 is 0 Å². The standard InChI is InChI=1S/C9H13N3/c1-11-6-8-4-3-5-12(2)9(8)10-7-11/h3-4,7H,5-6H2,1-2H3. The van der Waals surface area contributed by atoms with E-state index in [9.17, 15) is 0 Å². The number of hydrogen-bond donors (Lipinski definition) is 0. The van der Waals surface area contributed by atoms with Gasteiger partial charge >= 0.3 is 0 Å². The number of likely N-dealkylation sites (N-methyl/N-ethyl adjacent to an activating group) is 2. The fourth-order valence-corrected chi connectivity index (χ4v) is 1.53. The molecular formula is C9H13N3. The normalized spacial score (nSPS) is 21.8. The average Bonchev–Trinajstić information content (AvgIpc) is 2.04. The third-order valence-corrected chi connectivity index (χ3v) is 2.14. The molecule has 0 amide bonds. The van der Waals surface area contributed by atoms with Crippen LogP contribution in [0.5, 0.6) is 0 Å². The maximum Gasteiger partial charge on any atom is 0.135 e. The van der Waals surface area contributed by atoms with Crippen LogP contribution in [0.15, 0.2) is 28.5 Å². The van der Waals surface area contributed by atoms with Gasteiger partial charge in [0.2, 0.25) is 0 Å². The zero-order chi connectivity index (χ0) is 8.55. The molecule has 2 heterocycles. The molecule has 3 nitrogen and oxygen atoms in total. The van der Waals surface area contributed by atoms with Gasteiger partial charge in [0, 0.05) is 32.8 Å². The van der Waals surface area contributed by atoms with Crippen molar-refractivity contribution in [2.24, 2.45) is 4.99 Å². The molecule has 3 heteroatoms. The van der Waals surface area contributed by atoms with Gasteiger partial charge in [0.15, 0.2) is 0 Å². The van der Waals surface area contributed by atoms with Crippen molar-refractivity contribution in [3.63, 3.8) is 0 Å². The second-order valence-corrected chi connectivity index (χ2v) is 3.29. The first-order valence-electron chi connectivity index (χ1n) is 4.12. The van der Waals surface area contributed by atoms with E-state index in [-0.39, 0.29) is 0 Å². The molecule has 0 bridgehead atoms. The van der Waals surface area contributed by atoms with E-state index in [1.807, 2.05) is 13.4 Å². The molecule has 2 rings (SSSR count). The predicted octanol–water partition coefficient (Wildman–Crippen LogP) is 0.673. The van der Waals surface area contributed by atoms with E-state index >= 15 is 0 Å². The van der Waals surface area contributed by atoms with E-state index in [1.165, 1.54) is 5.57 Å². The zero-order valence-electron chi connectivity index (χ0n) is 7.49. The molecule has 0 unspecified atom stereocenters. The molecule has 0 spiro atoms. The van der Waals surface area contributed by atoms with Crippen molar-refractivity contribution in [1.29, 1.82) is 0 Å². The van der Waals surface area contributed by atoms with Crippen LogP contribution in [-0.2, 0) is 0 Å². The lowest BCUT2D eigenvalue weighted by molar-refractivity contribution is 0.426. The lowest BCUT2D eigenvalue weighted by atomic mass is 10.1. The molecule has 2 aliphatic heterocycles. The Kier molecular flexibility index (Phi) is 1.64. The van der Waals surface area contributed by atoms with Gasteiger partial charge in [-0.2, -0.15) is 0 Å². The number of rotatable bonds is 0. The van der Waals surface area contributed by atoms with Crippen molar-refractivity contribution in [1.82, 2.24) is 9.80 Å². The van der Waals surface area contributed by atoms with Crippen LogP contribution in [0.1, 0.15) is 0 Å². The molecule has 0 aromatic carbocycles. The van der Waals surface area contributed by atoms with Crippen molar-refractivity contribution in [2.75, 3.05) is 27.2 Å². The summed E-state index contributed by atoms with van der Waals surface area (Å²) >= 11 is 0. The highest BCUT2D eigenvalue weighted by Crippen LogP contribution is 2.19. The van der Waals surface area contributed by atoms with Crippen LogP contribution in [0.25, 0.3) is 0 Å². The quantitative estimate of drug-likeness (QED) is 0.523. The predicted molar refractivity (Wildman–Crippen MR) is 49.9 cm³/mol. The largest absolute Gasteiger partial charge is 0.361 e. The molecule has 0 aromatic heterocycles. The van der Waals surface area contributed by atoms with E-state index in [0.29, 0.717) is 0 Å². The second-order valence-electron chi connectivity index (χ2n) is 3.29. The maximum absolute atomic E-state index is 4.37. The zero-order valence-corrected chi connectivity index (χ0v) is 7.49. The van der Waals surface area contributed by atoms with Crippen LogP contribution in [0, 0.1) is 0 Å². The minimum atomic E-state index is 0.972. The fourth-order valence-electron chi connectivity index (χ4n) is 1.53. The van der Waals surface area contributed by atoms with Gasteiger partial charge in [-0.25, -0.2) is 4.99 Å². The van der Waals surface area contributed by atoms with Crippen molar-refractivity contribution in [3.8, 4) is 0 Å². The summed E-state index contributed by atoms with van der Waals surface area (Å²) in [6, 6.07) is 0. The molecule has 64 valence electrons. The summed E-state index contributed by atoms with van der Waals surface area (Å²) in [6.45, 7) is 1.94. The monoisotopic (exact) mass is 163 g/mol. The summed E-state index contributed by atoms with van der Waals surface area (Å²) in [4.78, 5) is 8.62. The van der Waals surface area contributed by atoms with E-state index in [4.69, 9.17) is 0 Å². The lowest BCUT2D eigenvalue weighted by Crippen LogP contribution is -2.30. The minimum absolute atomic E-state index is 0.972. The van der Waals surface area contributed by atoms with Crippen LogP contribution in [0.4, 0.5) is 0 Å². The summed E-state index contributed by atoms with van der Waals surface area (Å²) in [7, 11) is 4.11. The van der Waals surface area contributed by atoms with Crippen LogP contribution in [0.3, 0.4) is 0 Å². The average molecular weight is 163 g/mol. The van der Waals surface area contributed by atoms with Gasteiger partial charge in [-0.1, -0.05) is 12.2 Å². The number of hydrogen-bond acceptors (Lipinski definition) is 3. The van der Waals surface area contributed by atoms with Gasteiger partial charge in [0.05, 0.1) is 6.34 Å². The van der Waals surface area contributed by atoms with Gasteiger partial charge in [-0.05, 0) is 0 Å². The maximum atomic E-state index is 4.37. The summed E-state index contributed by atoms with van der Waals surface area (Å²) in [5.41, 5.74) is 1.31. The third-order valence-electron chi connectivity index (χ3n) is 2.14. The Labute approximate surface area is 72.7 Å². The highest BCUT2D eigenvalue weighted by Gasteiger charge is 2.15. The molecule has 0 aliphatic carbocycles. The highest BCUT2D eigenvalue weighted by molar-refractivity contribution is 5.60. The molecule has 12 heavy (non-hydrogen) atoms. The first kappa shape index (κ1) is 7.40. The third kappa shape index (κ3) is 1.11. The fraction of sp³-hybridized carbons (Fsp3) is 0.444. The van der Waals surface area contributed by atoms with Gasteiger partial charge in [0.1, 0.15) is 5.82 Å². The summed E-state index contributed by atoms with van der Waals surface area (Å²) < 4.78 is 0. The Morgan fingerprint density at radius 2 is 2.25 bits per heavy atom. The van der Waals surface area contributed by atoms with Gasteiger partial charge in [-0.15, -0.1) is 0 Å². The van der Waals surface area contributed by atoms with Crippen LogP contribution in [-0.4, -0.2) is 43.3 Å². The molecule has 0 radical (unpaired) electrons. The SMILES string of the molecule is CN1C=NC2=C(C=CCN2C)C1.